The van der Waals surface area contributed by atoms with E-state index in [9.17, 15) is 9.18 Å². The Labute approximate surface area is 100 Å². The first-order valence-electron chi connectivity index (χ1n) is 6.18. The molecule has 0 radical (unpaired) electrons. The van der Waals surface area contributed by atoms with Crippen LogP contribution in [-0.4, -0.2) is 11.9 Å². The van der Waals surface area contributed by atoms with Gasteiger partial charge in [-0.1, -0.05) is 13.0 Å². The number of nitrogens with one attached hydrogen (secondary N) is 1. The Hall–Kier alpha value is -1.38. The van der Waals surface area contributed by atoms with Crippen LogP contribution in [0, 0.1) is 5.82 Å². The van der Waals surface area contributed by atoms with Crippen LogP contribution >= 0.6 is 0 Å². The third-order valence-corrected chi connectivity index (χ3v) is 4.37. The minimum absolute atomic E-state index is 0.0937. The van der Waals surface area contributed by atoms with E-state index in [1.54, 1.807) is 6.07 Å². The quantitative estimate of drug-likeness (QED) is 0.732. The minimum Gasteiger partial charge on any atom is -0.352 e. The predicted molar refractivity (Wildman–Crippen MR) is 63.2 cm³/mol. The second-order valence-corrected chi connectivity index (χ2v) is 5.38. The fourth-order valence-corrected chi connectivity index (χ4v) is 3.28. The summed E-state index contributed by atoms with van der Waals surface area (Å²) in [6.07, 6.45) is 3.25. The number of aryl methyl sites for hydroxylation is 1. The van der Waals surface area contributed by atoms with Crippen LogP contribution in [0.3, 0.4) is 0 Å². The van der Waals surface area contributed by atoms with Crippen LogP contribution in [-0.2, 0) is 16.6 Å². The molecule has 1 amide bonds. The van der Waals surface area contributed by atoms with E-state index in [1.165, 1.54) is 11.6 Å². The van der Waals surface area contributed by atoms with Crippen LogP contribution in [0.4, 0.5) is 4.39 Å². The zero-order valence-electron chi connectivity index (χ0n) is 9.92. The number of hydrogen-bond acceptors (Lipinski definition) is 1. The molecule has 3 rings (SSSR count). The van der Waals surface area contributed by atoms with Crippen LogP contribution in [0.1, 0.15) is 37.3 Å². The van der Waals surface area contributed by atoms with Crippen molar-refractivity contribution in [2.75, 3.05) is 0 Å². The Morgan fingerprint density at radius 1 is 1.41 bits per heavy atom. The summed E-state index contributed by atoms with van der Waals surface area (Å²) in [5.41, 5.74) is 2.24. The lowest BCUT2D eigenvalue weighted by molar-refractivity contribution is -0.125. The summed E-state index contributed by atoms with van der Waals surface area (Å²) in [7, 11) is 0. The molecule has 0 spiro atoms. The molecule has 1 N–H and O–H groups in total. The van der Waals surface area contributed by atoms with Crippen molar-refractivity contribution in [1.29, 1.82) is 0 Å². The van der Waals surface area contributed by atoms with E-state index in [1.807, 2.05) is 6.07 Å². The van der Waals surface area contributed by atoms with Crippen molar-refractivity contribution in [1.82, 2.24) is 5.32 Å². The van der Waals surface area contributed by atoms with Crippen LogP contribution in [0.2, 0.25) is 0 Å². The van der Waals surface area contributed by atoms with Gasteiger partial charge in [0, 0.05) is 17.9 Å². The molecule has 2 nitrogen and oxygen atoms in total. The molecule has 1 aliphatic heterocycles. The van der Waals surface area contributed by atoms with Gasteiger partial charge in [0.25, 0.3) is 0 Å². The van der Waals surface area contributed by atoms with Gasteiger partial charge in [0.2, 0.25) is 5.91 Å². The Morgan fingerprint density at radius 3 is 3.06 bits per heavy atom. The Bertz CT molecular complexity index is 485. The van der Waals surface area contributed by atoms with Crippen LogP contribution in [0.15, 0.2) is 18.2 Å². The first-order valence-corrected chi connectivity index (χ1v) is 6.18. The third-order valence-electron chi connectivity index (χ3n) is 4.37. The second kappa shape index (κ2) is 3.56. The molecule has 0 aromatic heterocycles. The summed E-state index contributed by atoms with van der Waals surface area (Å²) in [5.74, 6) is -0.0464. The van der Waals surface area contributed by atoms with Gasteiger partial charge in [-0.2, -0.15) is 0 Å². The molecule has 1 aromatic rings. The lowest BCUT2D eigenvalue weighted by Crippen LogP contribution is -2.55. The van der Waals surface area contributed by atoms with Gasteiger partial charge in [-0.15, -0.1) is 0 Å². The third kappa shape index (κ3) is 1.56. The molecule has 3 heteroatoms. The van der Waals surface area contributed by atoms with Gasteiger partial charge >= 0.3 is 0 Å². The predicted octanol–water partition coefficient (Wildman–Crippen LogP) is 2.31. The maximum atomic E-state index is 13.4. The van der Waals surface area contributed by atoms with Crippen LogP contribution in [0.5, 0.6) is 0 Å². The van der Waals surface area contributed by atoms with Gasteiger partial charge in [0.1, 0.15) is 5.82 Å². The van der Waals surface area contributed by atoms with Gasteiger partial charge in [0.05, 0.1) is 0 Å². The normalized spacial score (nSPS) is 31.4. The van der Waals surface area contributed by atoms with E-state index in [0.717, 1.165) is 24.8 Å². The van der Waals surface area contributed by atoms with Crippen molar-refractivity contribution in [3.63, 3.8) is 0 Å². The fourth-order valence-electron chi connectivity index (χ4n) is 3.28. The number of rotatable bonds is 0. The highest BCUT2D eigenvalue weighted by atomic mass is 19.1. The smallest absolute Gasteiger partial charge is 0.220 e. The Kier molecular flexibility index (Phi) is 2.25. The maximum absolute atomic E-state index is 13.4. The number of halogens is 1. The van der Waals surface area contributed by atoms with Gasteiger partial charge < -0.3 is 5.32 Å². The van der Waals surface area contributed by atoms with E-state index in [4.69, 9.17) is 0 Å². The van der Waals surface area contributed by atoms with Crippen molar-refractivity contribution >= 4 is 5.91 Å². The molecule has 1 fully saturated rings. The van der Waals surface area contributed by atoms with E-state index in [-0.39, 0.29) is 23.2 Å². The zero-order chi connectivity index (χ0) is 12.0. The van der Waals surface area contributed by atoms with Crippen molar-refractivity contribution in [3.05, 3.63) is 35.1 Å². The molecule has 0 saturated carbocycles. The molecule has 1 aromatic carbocycles. The lowest BCUT2D eigenvalue weighted by atomic mass is 9.64. The highest BCUT2D eigenvalue weighted by Gasteiger charge is 2.44. The first kappa shape index (κ1) is 10.8. The highest BCUT2D eigenvalue weighted by Crippen LogP contribution is 2.42. The fraction of sp³-hybridized carbons (Fsp3) is 0.500. The van der Waals surface area contributed by atoms with Crippen molar-refractivity contribution in [2.24, 2.45) is 0 Å². The second-order valence-electron chi connectivity index (χ2n) is 5.38. The number of carbonyl (C=O) groups is 1. The number of amides is 1. The van der Waals surface area contributed by atoms with Crippen molar-refractivity contribution < 1.29 is 9.18 Å². The van der Waals surface area contributed by atoms with Gasteiger partial charge in [-0.3, -0.25) is 4.79 Å². The van der Waals surface area contributed by atoms with Gasteiger partial charge in [-0.05, 0) is 42.5 Å². The molecule has 2 atom stereocenters. The first-order chi connectivity index (χ1) is 8.09. The molecule has 1 saturated heterocycles. The monoisotopic (exact) mass is 233 g/mol. The summed E-state index contributed by atoms with van der Waals surface area (Å²) in [6.45, 7) is 2.15. The average molecular weight is 233 g/mol. The van der Waals surface area contributed by atoms with E-state index in [0.29, 0.717) is 6.42 Å². The summed E-state index contributed by atoms with van der Waals surface area (Å²) in [5, 5.41) is 3.06. The summed E-state index contributed by atoms with van der Waals surface area (Å²) in [4.78, 5) is 11.5. The topological polar surface area (TPSA) is 29.1 Å². The number of fused-ring (bicyclic) bond motifs is 3. The molecule has 2 aliphatic rings. The number of piperidine rings is 1. The van der Waals surface area contributed by atoms with Crippen LogP contribution < -0.4 is 5.32 Å². The standard InChI is InChI=1S/C14H16FNO/c1-14-7-6-13(17)16-12(14)5-3-9-2-4-10(15)8-11(9)14/h2,4,8,12H,3,5-7H2,1H3,(H,16,17)/t12-,14?/m1/s1. The molecule has 90 valence electrons. The number of benzene rings is 1. The molecule has 17 heavy (non-hydrogen) atoms. The molecular formula is C14H16FNO. The Morgan fingerprint density at radius 2 is 2.24 bits per heavy atom. The van der Waals surface area contributed by atoms with Crippen LogP contribution in [0.25, 0.3) is 0 Å². The molecular weight excluding hydrogens is 217 g/mol. The lowest BCUT2D eigenvalue weighted by Gasteiger charge is -2.46. The molecule has 1 heterocycles. The highest BCUT2D eigenvalue weighted by molar-refractivity contribution is 5.78. The summed E-state index contributed by atoms with van der Waals surface area (Å²) < 4.78 is 13.4. The Balaban J connectivity index is 2.09. The van der Waals surface area contributed by atoms with Gasteiger partial charge in [-0.25, -0.2) is 4.39 Å². The minimum atomic E-state index is -0.178. The zero-order valence-corrected chi connectivity index (χ0v) is 9.92. The average Bonchev–Trinajstić information content (AvgIpc) is 2.31. The summed E-state index contributed by atoms with van der Waals surface area (Å²) >= 11 is 0. The largest absolute Gasteiger partial charge is 0.352 e. The maximum Gasteiger partial charge on any atom is 0.220 e. The van der Waals surface area contributed by atoms with Crippen molar-refractivity contribution in [2.45, 2.75) is 44.1 Å². The van der Waals surface area contributed by atoms with Crippen molar-refractivity contribution in [3.8, 4) is 0 Å². The number of carbonyl (C=O) groups excluding carboxylic acids is 1. The SMILES string of the molecule is CC12CCC(=O)N[C@@H]1CCc1ccc(F)cc12. The summed E-state index contributed by atoms with van der Waals surface area (Å²) in [6, 6.07) is 5.24. The molecule has 1 unspecified atom stereocenters. The van der Waals surface area contributed by atoms with E-state index >= 15 is 0 Å². The molecule has 1 aliphatic carbocycles. The van der Waals surface area contributed by atoms with E-state index in [2.05, 4.69) is 12.2 Å². The van der Waals surface area contributed by atoms with Gasteiger partial charge in [0.15, 0.2) is 0 Å². The molecule has 0 bridgehead atoms. The number of hydrogen-bond donors (Lipinski definition) is 1. The van der Waals surface area contributed by atoms with E-state index < -0.39 is 0 Å².